The Hall–Kier alpha value is -2.66. The first-order chi connectivity index (χ1) is 15.3. The molecule has 0 bridgehead atoms. The van der Waals surface area contributed by atoms with Crippen molar-refractivity contribution in [3.63, 3.8) is 0 Å². The van der Waals surface area contributed by atoms with Gasteiger partial charge in [0.2, 0.25) is 16.6 Å². The van der Waals surface area contributed by atoms with E-state index in [1.165, 1.54) is 37.0 Å². The fourth-order valence-electron chi connectivity index (χ4n) is 4.74. The second-order valence-corrected chi connectivity index (χ2v) is 18.3. The Kier molecular flexibility index (Phi) is 4.32. The Morgan fingerprint density at radius 1 is 0.750 bits per heavy atom. The van der Waals surface area contributed by atoms with Crippen molar-refractivity contribution >= 4 is 39.0 Å². The standard InChI is InChI=1S/C23H29N5O2Si2/c1-14-11-20(30-32(4)9-6-10-32)16(12-19(14)29-31(3)7-5-8-31)21-26-18-13-17-22(25-15(2)24-17)28-23(18)27-21/h11-13H,5-10H2,1-4H3,(H2,24,25,26,27,28). The first-order valence-corrected chi connectivity index (χ1v) is 17.2. The van der Waals surface area contributed by atoms with Crippen molar-refractivity contribution in [3.8, 4) is 22.9 Å². The molecular formula is C23H29N5O2Si2. The number of aromatic nitrogens is 5. The summed E-state index contributed by atoms with van der Waals surface area (Å²) in [5.41, 5.74) is 5.26. The number of imidazole rings is 2. The summed E-state index contributed by atoms with van der Waals surface area (Å²) in [6.07, 6.45) is 2.56. The number of nitrogens with one attached hydrogen (secondary N) is 2. The van der Waals surface area contributed by atoms with Crippen LogP contribution in [0.5, 0.6) is 11.5 Å². The lowest BCUT2D eigenvalue weighted by Crippen LogP contribution is -2.45. The van der Waals surface area contributed by atoms with Crippen LogP contribution in [0.3, 0.4) is 0 Å². The van der Waals surface area contributed by atoms with Gasteiger partial charge in [0.25, 0.3) is 0 Å². The van der Waals surface area contributed by atoms with Crippen LogP contribution in [-0.2, 0) is 0 Å². The topological polar surface area (TPSA) is 88.7 Å². The lowest BCUT2D eigenvalue weighted by Gasteiger charge is -2.38. The van der Waals surface area contributed by atoms with E-state index in [2.05, 4.69) is 52.1 Å². The molecule has 1 aromatic carbocycles. The molecule has 2 N–H and O–H groups in total. The average Bonchev–Trinajstić information content (AvgIpc) is 3.26. The summed E-state index contributed by atoms with van der Waals surface area (Å²) >= 11 is 0. The van der Waals surface area contributed by atoms with E-state index in [1.807, 2.05) is 13.0 Å². The van der Waals surface area contributed by atoms with Crippen LogP contribution in [0.2, 0.25) is 37.3 Å². The molecule has 0 aliphatic carbocycles. The number of pyridine rings is 1. The first-order valence-electron chi connectivity index (χ1n) is 11.6. The third-order valence-electron chi connectivity index (χ3n) is 7.11. The molecule has 0 radical (unpaired) electrons. The summed E-state index contributed by atoms with van der Waals surface area (Å²) in [7, 11) is -3.26. The summed E-state index contributed by atoms with van der Waals surface area (Å²) in [6, 6.07) is 11.2. The monoisotopic (exact) mass is 463 g/mol. The van der Waals surface area contributed by atoms with Gasteiger partial charge in [0.1, 0.15) is 23.1 Å². The van der Waals surface area contributed by atoms with E-state index >= 15 is 0 Å². The van der Waals surface area contributed by atoms with E-state index in [0.717, 1.165) is 45.3 Å². The van der Waals surface area contributed by atoms with Crippen LogP contribution >= 0.6 is 0 Å². The van der Waals surface area contributed by atoms with Gasteiger partial charge in [-0.25, -0.2) is 15.0 Å². The van der Waals surface area contributed by atoms with Gasteiger partial charge in [-0.05, 0) is 74.9 Å². The summed E-state index contributed by atoms with van der Waals surface area (Å²) in [6.45, 7) is 8.73. The quantitative estimate of drug-likeness (QED) is 0.363. The van der Waals surface area contributed by atoms with Crippen molar-refractivity contribution < 1.29 is 8.85 Å². The molecule has 3 aromatic heterocycles. The molecule has 2 fully saturated rings. The number of aromatic amines is 2. The van der Waals surface area contributed by atoms with E-state index in [-0.39, 0.29) is 0 Å². The summed E-state index contributed by atoms with van der Waals surface area (Å²) < 4.78 is 13.3. The highest BCUT2D eigenvalue weighted by molar-refractivity contribution is 6.76. The molecule has 5 heterocycles. The number of benzene rings is 1. The number of nitrogens with zero attached hydrogens (tertiary/aromatic N) is 3. The molecule has 0 unspecified atom stereocenters. The van der Waals surface area contributed by atoms with Crippen molar-refractivity contribution in [1.29, 1.82) is 0 Å². The molecule has 0 spiro atoms. The molecule has 6 rings (SSSR count). The minimum absolute atomic E-state index is 0.667. The van der Waals surface area contributed by atoms with Gasteiger partial charge in [-0.2, -0.15) is 0 Å². The Labute approximate surface area is 189 Å². The predicted octanol–water partition coefficient (Wildman–Crippen LogP) is 5.83. The van der Waals surface area contributed by atoms with Crippen molar-refractivity contribution in [2.45, 2.75) is 64.0 Å². The highest BCUT2D eigenvalue weighted by Gasteiger charge is 2.40. The van der Waals surface area contributed by atoms with E-state index in [9.17, 15) is 0 Å². The molecule has 0 atom stereocenters. The number of H-pyrrole nitrogens is 2. The van der Waals surface area contributed by atoms with Crippen LogP contribution in [0.25, 0.3) is 33.7 Å². The third kappa shape index (κ3) is 3.34. The molecule has 2 saturated heterocycles. The number of hydrogen-bond acceptors (Lipinski definition) is 5. The molecule has 9 heteroatoms. The zero-order chi connectivity index (χ0) is 22.1. The predicted molar refractivity (Wildman–Crippen MR) is 131 cm³/mol. The van der Waals surface area contributed by atoms with E-state index in [1.54, 1.807) is 0 Å². The van der Waals surface area contributed by atoms with E-state index in [4.69, 9.17) is 13.8 Å². The number of aryl methyl sites for hydroxylation is 2. The summed E-state index contributed by atoms with van der Waals surface area (Å²) in [5, 5.41) is 0. The van der Waals surface area contributed by atoms with Crippen LogP contribution in [-0.4, -0.2) is 41.6 Å². The van der Waals surface area contributed by atoms with Gasteiger partial charge in [0, 0.05) is 0 Å². The fourth-order valence-corrected chi connectivity index (χ4v) is 9.30. The molecule has 32 heavy (non-hydrogen) atoms. The molecule has 0 amide bonds. The highest BCUT2D eigenvalue weighted by atomic mass is 28.4. The Balaban J connectivity index is 1.47. The van der Waals surface area contributed by atoms with E-state index in [0.29, 0.717) is 11.3 Å². The largest absolute Gasteiger partial charge is 0.544 e. The SMILES string of the molecule is Cc1nc2nc3nc(-c4cc(O[Si]5(C)CCC5)c(C)cc4O[Si]4(C)CCC4)[nH]c3cc2[nH]1. The van der Waals surface area contributed by atoms with Gasteiger partial charge < -0.3 is 18.8 Å². The zero-order valence-electron chi connectivity index (χ0n) is 19.1. The van der Waals surface area contributed by atoms with Gasteiger partial charge in [-0.15, -0.1) is 0 Å². The molecule has 2 aliphatic rings. The average molecular weight is 464 g/mol. The second kappa shape index (κ2) is 6.92. The Morgan fingerprint density at radius 3 is 2.03 bits per heavy atom. The van der Waals surface area contributed by atoms with Crippen LogP contribution in [0.15, 0.2) is 18.2 Å². The van der Waals surface area contributed by atoms with Crippen molar-refractivity contribution in [1.82, 2.24) is 24.9 Å². The van der Waals surface area contributed by atoms with E-state index < -0.39 is 16.6 Å². The minimum Gasteiger partial charge on any atom is -0.544 e. The van der Waals surface area contributed by atoms with Crippen LogP contribution in [0, 0.1) is 13.8 Å². The summed E-state index contributed by atoms with van der Waals surface area (Å²) in [4.78, 5) is 20.7. The highest BCUT2D eigenvalue weighted by Crippen LogP contribution is 2.43. The number of rotatable bonds is 5. The van der Waals surface area contributed by atoms with Crippen molar-refractivity contribution in [2.24, 2.45) is 0 Å². The fraction of sp³-hybridized carbons (Fsp3) is 0.435. The normalized spacial score (nSPS) is 19.0. The van der Waals surface area contributed by atoms with Gasteiger partial charge in [0.15, 0.2) is 11.3 Å². The zero-order valence-corrected chi connectivity index (χ0v) is 21.1. The molecular weight excluding hydrogens is 434 g/mol. The maximum atomic E-state index is 6.70. The van der Waals surface area contributed by atoms with Crippen molar-refractivity contribution in [2.75, 3.05) is 0 Å². The maximum absolute atomic E-state index is 6.70. The molecule has 4 aromatic rings. The lowest BCUT2D eigenvalue weighted by molar-refractivity contribution is 0.493. The van der Waals surface area contributed by atoms with Gasteiger partial charge in [-0.3, -0.25) is 0 Å². The third-order valence-corrected chi connectivity index (χ3v) is 14.2. The maximum Gasteiger partial charge on any atom is 0.248 e. The van der Waals surface area contributed by atoms with Gasteiger partial charge >= 0.3 is 0 Å². The van der Waals surface area contributed by atoms with Crippen LogP contribution < -0.4 is 8.85 Å². The molecule has 0 saturated carbocycles. The smallest absolute Gasteiger partial charge is 0.248 e. The van der Waals surface area contributed by atoms with Gasteiger partial charge in [-0.1, -0.05) is 12.8 Å². The Bertz CT molecular complexity index is 1300. The number of fused-ring (bicyclic) bond motifs is 2. The first kappa shape index (κ1) is 20.0. The molecule has 2 aliphatic heterocycles. The molecule has 166 valence electrons. The van der Waals surface area contributed by atoms with Gasteiger partial charge in [0.05, 0.1) is 16.6 Å². The minimum atomic E-state index is -1.66. The van der Waals surface area contributed by atoms with Crippen LogP contribution in [0.4, 0.5) is 0 Å². The van der Waals surface area contributed by atoms with Crippen LogP contribution in [0.1, 0.15) is 24.2 Å². The Morgan fingerprint density at radius 2 is 1.38 bits per heavy atom. The van der Waals surface area contributed by atoms with Crippen molar-refractivity contribution in [3.05, 3.63) is 29.6 Å². The molecule has 7 nitrogen and oxygen atoms in total. The number of hydrogen-bond donors (Lipinski definition) is 2. The summed E-state index contributed by atoms with van der Waals surface area (Å²) in [5.74, 6) is 3.51. The second-order valence-electron chi connectivity index (χ2n) is 10.1. The lowest BCUT2D eigenvalue weighted by atomic mass is 10.1.